The number of fused-ring (bicyclic) bond motifs is 1. The molecule has 0 unspecified atom stereocenters. The van der Waals surface area contributed by atoms with Gasteiger partial charge in [-0.05, 0) is 35.9 Å². The van der Waals surface area contributed by atoms with Gasteiger partial charge in [0.1, 0.15) is 0 Å². The summed E-state index contributed by atoms with van der Waals surface area (Å²) in [6, 6.07) is 13.2. The molecule has 0 amide bonds. The number of nitrogens with two attached hydrogens (primary N) is 1. The van der Waals surface area contributed by atoms with Crippen molar-refractivity contribution in [3.8, 4) is 5.69 Å². The first kappa shape index (κ1) is 18.0. The highest BCUT2D eigenvalue weighted by molar-refractivity contribution is 7.89. The third-order valence-electron chi connectivity index (χ3n) is 3.95. The minimum atomic E-state index is -3.82. The molecule has 0 saturated carbocycles. The van der Waals surface area contributed by atoms with Crippen LogP contribution in [-0.4, -0.2) is 38.5 Å². The Morgan fingerprint density at radius 1 is 1.14 bits per heavy atom. The molecule has 28 heavy (non-hydrogen) atoms. The summed E-state index contributed by atoms with van der Waals surface area (Å²) in [5, 5.41) is 25.6. The minimum Gasteiger partial charge on any atom is -0.392 e. The van der Waals surface area contributed by atoms with E-state index in [1.54, 1.807) is 30.3 Å². The summed E-state index contributed by atoms with van der Waals surface area (Å²) < 4.78 is 24.6. The second-order valence-corrected chi connectivity index (χ2v) is 7.49. The van der Waals surface area contributed by atoms with Gasteiger partial charge in [-0.1, -0.05) is 23.4 Å². The van der Waals surface area contributed by atoms with Gasteiger partial charge in [-0.2, -0.15) is 9.67 Å². The first-order valence-corrected chi connectivity index (χ1v) is 9.67. The molecule has 0 aliphatic heterocycles. The number of hydrogen-bond donors (Lipinski definition) is 3. The van der Waals surface area contributed by atoms with Crippen LogP contribution in [0.5, 0.6) is 0 Å². The first-order valence-electron chi connectivity index (χ1n) is 8.12. The average Bonchev–Trinajstić information content (AvgIpc) is 3.11. The molecule has 0 aliphatic carbocycles. The molecule has 142 valence electrons. The second kappa shape index (κ2) is 6.96. The van der Waals surface area contributed by atoms with Gasteiger partial charge in [-0.25, -0.2) is 18.5 Å². The van der Waals surface area contributed by atoms with Crippen LogP contribution >= 0.6 is 0 Å². The van der Waals surface area contributed by atoms with Crippen LogP contribution in [0, 0.1) is 0 Å². The van der Waals surface area contributed by atoms with Crippen molar-refractivity contribution in [1.82, 2.24) is 25.0 Å². The molecular formula is C17H15N7O3S. The normalized spacial score (nSPS) is 11.6. The predicted molar refractivity (Wildman–Crippen MR) is 101 cm³/mol. The van der Waals surface area contributed by atoms with Crippen LogP contribution in [0.1, 0.15) is 5.56 Å². The van der Waals surface area contributed by atoms with Crippen LogP contribution in [0.2, 0.25) is 0 Å². The van der Waals surface area contributed by atoms with Crippen molar-refractivity contribution in [2.75, 3.05) is 5.32 Å². The standard InChI is InChI=1S/C17H15N7O3S/c18-28(26,27)14-6-2-4-12(8-14)20-17-19-9-15-16(21-17)24(23-22-15)13-5-1-3-11(7-13)10-25/h1-9,25H,10H2,(H2,18,26,27)(H,19,20,21). The molecule has 0 radical (unpaired) electrons. The van der Waals surface area contributed by atoms with E-state index in [0.717, 1.165) is 5.56 Å². The molecule has 2 aromatic heterocycles. The van der Waals surface area contributed by atoms with Gasteiger partial charge in [0.05, 0.1) is 23.4 Å². The predicted octanol–water partition coefficient (Wildman–Crippen LogP) is 1.09. The van der Waals surface area contributed by atoms with Crippen molar-refractivity contribution in [3.05, 3.63) is 60.3 Å². The lowest BCUT2D eigenvalue weighted by molar-refractivity contribution is 0.282. The largest absolute Gasteiger partial charge is 0.392 e. The van der Waals surface area contributed by atoms with E-state index in [-0.39, 0.29) is 17.5 Å². The summed E-state index contributed by atoms with van der Waals surface area (Å²) in [7, 11) is -3.82. The highest BCUT2D eigenvalue weighted by Gasteiger charge is 2.12. The Bertz CT molecular complexity index is 1270. The smallest absolute Gasteiger partial charge is 0.238 e. The van der Waals surface area contributed by atoms with Gasteiger partial charge in [0.2, 0.25) is 16.0 Å². The summed E-state index contributed by atoms with van der Waals surface area (Å²) in [5.74, 6) is 0.237. The lowest BCUT2D eigenvalue weighted by Crippen LogP contribution is -2.12. The lowest BCUT2D eigenvalue weighted by Gasteiger charge is -2.07. The van der Waals surface area contributed by atoms with Crippen molar-refractivity contribution in [2.45, 2.75) is 11.5 Å². The van der Waals surface area contributed by atoms with E-state index in [1.807, 2.05) is 6.07 Å². The van der Waals surface area contributed by atoms with Crippen LogP contribution in [0.4, 0.5) is 11.6 Å². The maximum Gasteiger partial charge on any atom is 0.238 e. The molecule has 0 fully saturated rings. The molecule has 0 atom stereocenters. The van der Waals surface area contributed by atoms with Crippen molar-refractivity contribution in [3.63, 3.8) is 0 Å². The van der Waals surface area contributed by atoms with Gasteiger partial charge in [0.15, 0.2) is 11.2 Å². The fraction of sp³-hybridized carbons (Fsp3) is 0.0588. The number of hydrogen-bond acceptors (Lipinski definition) is 8. The number of aliphatic hydroxyl groups is 1. The molecule has 4 aromatic rings. The Balaban J connectivity index is 1.72. The van der Waals surface area contributed by atoms with Gasteiger partial charge in [0, 0.05) is 5.69 Å². The van der Waals surface area contributed by atoms with Crippen LogP contribution in [0.3, 0.4) is 0 Å². The zero-order valence-corrected chi connectivity index (χ0v) is 15.2. The third-order valence-corrected chi connectivity index (χ3v) is 4.86. The van der Waals surface area contributed by atoms with Gasteiger partial charge in [-0.15, -0.1) is 5.10 Å². The fourth-order valence-electron chi connectivity index (χ4n) is 2.63. The van der Waals surface area contributed by atoms with E-state index in [1.165, 1.54) is 23.0 Å². The van der Waals surface area contributed by atoms with Crippen molar-refractivity contribution >= 4 is 32.8 Å². The Morgan fingerprint density at radius 2 is 1.96 bits per heavy atom. The number of anilines is 2. The average molecular weight is 397 g/mol. The number of sulfonamides is 1. The van der Waals surface area contributed by atoms with Gasteiger partial charge in [-0.3, -0.25) is 0 Å². The monoisotopic (exact) mass is 397 g/mol. The van der Waals surface area contributed by atoms with E-state index in [9.17, 15) is 13.5 Å². The number of aromatic nitrogens is 5. The summed E-state index contributed by atoms with van der Waals surface area (Å²) >= 11 is 0. The molecule has 0 bridgehead atoms. The molecule has 2 aromatic carbocycles. The van der Waals surface area contributed by atoms with Gasteiger partial charge >= 0.3 is 0 Å². The Morgan fingerprint density at radius 3 is 2.75 bits per heavy atom. The Kier molecular flexibility index (Phi) is 4.47. The van der Waals surface area contributed by atoms with Crippen LogP contribution in [0.15, 0.2) is 59.6 Å². The lowest BCUT2D eigenvalue weighted by atomic mass is 10.2. The molecule has 11 heteroatoms. The quantitative estimate of drug-likeness (QED) is 0.453. The summed E-state index contributed by atoms with van der Waals surface area (Å²) in [4.78, 5) is 8.58. The van der Waals surface area contributed by atoms with E-state index in [2.05, 4.69) is 25.6 Å². The van der Waals surface area contributed by atoms with Crippen LogP contribution < -0.4 is 10.5 Å². The highest BCUT2D eigenvalue weighted by Crippen LogP contribution is 2.20. The first-order chi connectivity index (χ1) is 13.4. The molecule has 4 N–H and O–H groups in total. The molecule has 10 nitrogen and oxygen atoms in total. The topological polar surface area (TPSA) is 149 Å². The maximum absolute atomic E-state index is 11.5. The summed E-state index contributed by atoms with van der Waals surface area (Å²) in [6.45, 7) is -0.0946. The Labute approximate surface area is 159 Å². The van der Waals surface area contributed by atoms with Gasteiger partial charge in [0.25, 0.3) is 0 Å². The number of benzene rings is 2. The summed E-state index contributed by atoms with van der Waals surface area (Å²) in [6.07, 6.45) is 1.51. The number of primary sulfonamides is 1. The van der Waals surface area contributed by atoms with Crippen LogP contribution in [-0.2, 0) is 16.6 Å². The van der Waals surface area contributed by atoms with E-state index >= 15 is 0 Å². The van der Waals surface area contributed by atoms with Crippen molar-refractivity contribution in [1.29, 1.82) is 0 Å². The Hall–Kier alpha value is -3.41. The van der Waals surface area contributed by atoms with E-state index in [0.29, 0.717) is 22.5 Å². The molecule has 2 heterocycles. The number of rotatable bonds is 5. The number of nitrogens with one attached hydrogen (secondary N) is 1. The molecule has 0 saturated heterocycles. The zero-order valence-electron chi connectivity index (χ0n) is 14.4. The number of aliphatic hydroxyl groups excluding tert-OH is 1. The maximum atomic E-state index is 11.5. The zero-order chi connectivity index (χ0) is 19.7. The molecule has 0 spiro atoms. The molecule has 0 aliphatic rings. The van der Waals surface area contributed by atoms with Crippen LogP contribution in [0.25, 0.3) is 16.9 Å². The third kappa shape index (κ3) is 3.53. The van der Waals surface area contributed by atoms with Crippen molar-refractivity contribution in [2.24, 2.45) is 5.14 Å². The van der Waals surface area contributed by atoms with E-state index in [4.69, 9.17) is 5.14 Å². The molecule has 4 rings (SSSR count). The summed E-state index contributed by atoms with van der Waals surface area (Å²) in [5.41, 5.74) is 2.82. The minimum absolute atomic E-state index is 0.0221. The van der Waals surface area contributed by atoms with Gasteiger partial charge < -0.3 is 10.4 Å². The SMILES string of the molecule is NS(=O)(=O)c1cccc(Nc2ncc3nnn(-c4cccc(CO)c4)c3n2)c1. The second-order valence-electron chi connectivity index (χ2n) is 5.93. The van der Waals surface area contributed by atoms with E-state index < -0.39 is 10.0 Å². The number of nitrogens with zero attached hydrogens (tertiary/aromatic N) is 5. The fourth-order valence-corrected chi connectivity index (χ4v) is 3.19. The highest BCUT2D eigenvalue weighted by atomic mass is 32.2. The van der Waals surface area contributed by atoms with Crippen molar-refractivity contribution < 1.29 is 13.5 Å². The molecular weight excluding hydrogens is 382 g/mol.